The number of carbonyl (C=O) groups excluding carboxylic acids is 1. The molecule has 1 aliphatic heterocycles. The fourth-order valence-corrected chi connectivity index (χ4v) is 3.17. The second-order valence-corrected chi connectivity index (χ2v) is 7.28. The molecule has 1 heterocycles. The molecule has 5 nitrogen and oxygen atoms in total. The molecule has 1 aromatic carbocycles. The van der Waals surface area contributed by atoms with Crippen molar-refractivity contribution in [3.63, 3.8) is 0 Å². The van der Waals surface area contributed by atoms with Gasteiger partial charge in [0.2, 0.25) is 5.91 Å². The van der Waals surface area contributed by atoms with Gasteiger partial charge in [0, 0.05) is 26.2 Å². The van der Waals surface area contributed by atoms with Crippen LogP contribution in [0, 0.1) is 5.92 Å². The van der Waals surface area contributed by atoms with Crippen LogP contribution in [0.3, 0.4) is 0 Å². The highest BCUT2D eigenvalue weighted by Gasteiger charge is 2.22. The van der Waals surface area contributed by atoms with Gasteiger partial charge in [-0.15, -0.1) is 0 Å². The maximum Gasteiger partial charge on any atom is 0.238 e. The van der Waals surface area contributed by atoms with Crippen molar-refractivity contribution in [2.45, 2.75) is 20.0 Å². The maximum atomic E-state index is 12.2. The van der Waals surface area contributed by atoms with E-state index in [4.69, 9.17) is 16.3 Å². The van der Waals surface area contributed by atoms with E-state index < -0.39 is 0 Å². The lowest BCUT2D eigenvalue weighted by molar-refractivity contribution is -0.117. The lowest BCUT2D eigenvalue weighted by atomic mass is 10.1. The molecule has 1 N–H and O–H groups in total. The molecule has 1 fully saturated rings. The predicted molar refractivity (Wildman–Crippen MR) is 98.6 cm³/mol. The number of amides is 1. The number of ether oxygens (including phenoxy) is 1. The van der Waals surface area contributed by atoms with E-state index in [2.05, 4.69) is 24.1 Å². The molecular weight excluding hydrogens is 326 g/mol. The van der Waals surface area contributed by atoms with E-state index in [0.717, 1.165) is 32.8 Å². The number of benzene rings is 1. The zero-order valence-corrected chi connectivity index (χ0v) is 15.6. The Morgan fingerprint density at radius 3 is 2.92 bits per heavy atom. The Hall–Kier alpha value is -1.14. The lowest BCUT2D eigenvalue weighted by Gasteiger charge is -2.35. The average molecular weight is 354 g/mol. The fraction of sp³-hybridized carbons (Fsp3) is 0.611. The maximum absolute atomic E-state index is 12.2. The smallest absolute Gasteiger partial charge is 0.238 e. The molecule has 0 spiro atoms. The molecule has 1 amide bonds. The first-order valence-electron chi connectivity index (χ1n) is 8.51. The average Bonchev–Trinajstić information content (AvgIpc) is 2.49. The number of hydrogen-bond donors (Lipinski definition) is 1. The molecule has 1 atom stereocenters. The van der Waals surface area contributed by atoms with Crippen LogP contribution >= 0.6 is 11.6 Å². The summed E-state index contributed by atoms with van der Waals surface area (Å²) in [7, 11) is 1.94. The molecule has 0 aromatic heterocycles. The van der Waals surface area contributed by atoms with Gasteiger partial charge in [0.25, 0.3) is 0 Å². The van der Waals surface area contributed by atoms with Gasteiger partial charge >= 0.3 is 0 Å². The molecule has 24 heavy (non-hydrogen) atoms. The van der Waals surface area contributed by atoms with E-state index in [9.17, 15) is 4.79 Å². The first-order chi connectivity index (χ1) is 11.4. The summed E-state index contributed by atoms with van der Waals surface area (Å²) < 4.78 is 5.84. The number of morpholine rings is 1. The van der Waals surface area contributed by atoms with Gasteiger partial charge < -0.3 is 10.1 Å². The van der Waals surface area contributed by atoms with Crippen LogP contribution in [0.1, 0.15) is 13.8 Å². The van der Waals surface area contributed by atoms with E-state index in [1.807, 2.05) is 24.1 Å². The number of nitrogens with zero attached hydrogens (tertiary/aromatic N) is 2. The van der Waals surface area contributed by atoms with Crippen LogP contribution in [0.15, 0.2) is 24.3 Å². The van der Waals surface area contributed by atoms with Crippen molar-refractivity contribution in [3.05, 3.63) is 29.3 Å². The van der Waals surface area contributed by atoms with Crippen LogP contribution in [0.4, 0.5) is 5.69 Å². The van der Waals surface area contributed by atoms with Crippen molar-refractivity contribution in [1.82, 2.24) is 9.80 Å². The normalized spacial score (nSPS) is 19.0. The zero-order chi connectivity index (χ0) is 17.5. The standard InChI is InChI=1S/C18H28ClN3O2/c1-14(2)10-22-8-9-24-15(12-22)11-21(3)13-18(23)20-17-7-5-4-6-16(17)19/h4-7,14-15H,8-13H2,1-3H3,(H,20,23)/t15-/m0/s1. The summed E-state index contributed by atoms with van der Waals surface area (Å²) >= 11 is 6.06. The van der Waals surface area contributed by atoms with Crippen molar-refractivity contribution in [3.8, 4) is 0 Å². The first kappa shape index (κ1) is 19.2. The van der Waals surface area contributed by atoms with Crippen LogP contribution in [-0.4, -0.2) is 68.2 Å². The van der Waals surface area contributed by atoms with Gasteiger partial charge in [-0.25, -0.2) is 0 Å². The fourth-order valence-electron chi connectivity index (χ4n) is 2.98. The Bertz CT molecular complexity index is 539. The summed E-state index contributed by atoms with van der Waals surface area (Å²) in [4.78, 5) is 16.6. The molecule has 6 heteroatoms. The highest BCUT2D eigenvalue weighted by Crippen LogP contribution is 2.20. The van der Waals surface area contributed by atoms with Gasteiger partial charge in [-0.1, -0.05) is 37.6 Å². The molecular formula is C18H28ClN3O2. The van der Waals surface area contributed by atoms with Crippen molar-refractivity contribution < 1.29 is 9.53 Å². The van der Waals surface area contributed by atoms with Gasteiger partial charge in [0.15, 0.2) is 0 Å². The van der Waals surface area contributed by atoms with Crippen LogP contribution in [0.2, 0.25) is 5.02 Å². The summed E-state index contributed by atoms with van der Waals surface area (Å²) in [6.45, 7) is 9.29. The summed E-state index contributed by atoms with van der Waals surface area (Å²) in [5, 5.41) is 3.40. The molecule has 1 saturated heterocycles. The Morgan fingerprint density at radius 1 is 1.46 bits per heavy atom. The lowest BCUT2D eigenvalue weighted by Crippen LogP contribution is -2.48. The molecule has 134 valence electrons. The summed E-state index contributed by atoms with van der Waals surface area (Å²) in [6.07, 6.45) is 0.149. The number of halogens is 1. The van der Waals surface area contributed by atoms with Gasteiger partial charge in [-0.2, -0.15) is 0 Å². The quantitative estimate of drug-likeness (QED) is 0.818. The minimum atomic E-state index is -0.0690. The third-order valence-electron chi connectivity index (χ3n) is 3.92. The van der Waals surface area contributed by atoms with Crippen LogP contribution in [0.25, 0.3) is 0 Å². The van der Waals surface area contributed by atoms with E-state index >= 15 is 0 Å². The summed E-state index contributed by atoms with van der Waals surface area (Å²) in [6, 6.07) is 7.26. The van der Waals surface area contributed by atoms with Crippen molar-refractivity contribution >= 4 is 23.2 Å². The number of rotatable bonds is 7. The number of anilines is 1. The highest BCUT2D eigenvalue weighted by molar-refractivity contribution is 6.33. The van der Waals surface area contributed by atoms with Gasteiger partial charge in [0.1, 0.15) is 0 Å². The van der Waals surface area contributed by atoms with Crippen molar-refractivity contribution in [2.75, 3.05) is 51.7 Å². The summed E-state index contributed by atoms with van der Waals surface area (Å²) in [5.41, 5.74) is 0.648. The van der Waals surface area contributed by atoms with Crippen molar-refractivity contribution in [1.29, 1.82) is 0 Å². The van der Waals surface area contributed by atoms with E-state index in [1.54, 1.807) is 12.1 Å². The molecule has 1 aromatic rings. The molecule has 0 bridgehead atoms. The van der Waals surface area contributed by atoms with Crippen LogP contribution in [0.5, 0.6) is 0 Å². The molecule has 0 radical (unpaired) electrons. The van der Waals surface area contributed by atoms with Crippen molar-refractivity contribution in [2.24, 2.45) is 5.92 Å². The Balaban J connectivity index is 1.77. The molecule has 2 rings (SSSR count). The Kier molecular flexibility index (Phi) is 7.49. The third-order valence-corrected chi connectivity index (χ3v) is 4.25. The third kappa shape index (κ3) is 6.40. The predicted octanol–water partition coefficient (Wildman–Crippen LogP) is 2.57. The van der Waals surface area contributed by atoms with E-state index in [-0.39, 0.29) is 12.0 Å². The number of carbonyl (C=O) groups is 1. The monoisotopic (exact) mass is 353 g/mol. The number of para-hydroxylation sites is 1. The SMILES string of the molecule is CC(C)CN1CCO[C@@H](CN(C)CC(=O)Nc2ccccc2Cl)C1. The number of likely N-dealkylation sites (N-methyl/N-ethyl adjacent to an activating group) is 1. The van der Waals surface area contributed by atoms with Gasteiger partial charge in [-0.05, 0) is 25.1 Å². The zero-order valence-electron chi connectivity index (χ0n) is 14.8. The number of nitrogens with one attached hydrogen (secondary N) is 1. The molecule has 0 saturated carbocycles. The van der Waals surface area contributed by atoms with Gasteiger partial charge in [-0.3, -0.25) is 14.6 Å². The van der Waals surface area contributed by atoms with Crippen LogP contribution in [-0.2, 0) is 9.53 Å². The van der Waals surface area contributed by atoms with E-state index in [1.165, 1.54) is 0 Å². The molecule has 0 unspecified atom stereocenters. The molecule has 1 aliphatic rings. The van der Waals surface area contributed by atoms with E-state index in [0.29, 0.717) is 23.2 Å². The minimum Gasteiger partial charge on any atom is -0.374 e. The second kappa shape index (κ2) is 9.37. The highest BCUT2D eigenvalue weighted by atomic mass is 35.5. The first-order valence-corrected chi connectivity index (χ1v) is 8.88. The van der Waals surface area contributed by atoms with Crippen LogP contribution < -0.4 is 5.32 Å². The summed E-state index contributed by atoms with van der Waals surface area (Å²) in [5.74, 6) is 0.586. The van der Waals surface area contributed by atoms with Gasteiger partial charge in [0.05, 0.1) is 30.0 Å². The topological polar surface area (TPSA) is 44.8 Å². The Morgan fingerprint density at radius 2 is 2.21 bits per heavy atom. The minimum absolute atomic E-state index is 0.0690. The largest absolute Gasteiger partial charge is 0.374 e. The molecule has 0 aliphatic carbocycles. The Labute approximate surface area is 149 Å². The number of hydrogen-bond acceptors (Lipinski definition) is 4. The second-order valence-electron chi connectivity index (χ2n) is 6.87.